The van der Waals surface area contributed by atoms with Gasteiger partial charge < -0.3 is 25.8 Å². The molecule has 5 N–H and O–H groups in total. The fourth-order valence-corrected chi connectivity index (χ4v) is 1.64. The number of fused-ring (bicyclic) bond motifs is 1. The molecular formula is C12H19N5O2. The zero-order valence-corrected chi connectivity index (χ0v) is 11.0. The van der Waals surface area contributed by atoms with Crippen LogP contribution in [-0.4, -0.2) is 50.5 Å². The van der Waals surface area contributed by atoms with E-state index in [1.807, 2.05) is 6.07 Å². The molecule has 2 rings (SSSR count). The lowest BCUT2D eigenvalue weighted by Crippen LogP contribution is -2.19. The predicted molar refractivity (Wildman–Crippen MR) is 74.2 cm³/mol. The highest BCUT2D eigenvalue weighted by Gasteiger charge is 2.09. The van der Waals surface area contributed by atoms with Crippen molar-refractivity contribution in [3.63, 3.8) is 0 Å². The third-order valence-corrected chi connectivity index (χ3v) is 2.53. The molecule has 7 nitrogen and oxygen atoms in total. The van der Waals surface area contributed by atoms with Crippen molar-refractivity contribution < 1.29 is 10.2 Å². The number of H-pyrrole nitrogens is 1. The van der Waals surface area contributed by atoms with E-state index in [1.54, 1.807) is 20.0 Å². The molecule has 2 heterocycles. The molecule has 2 aromatic rings. The fourth-order valence-electron chi connectivity index (χ4n) is 1.64. The molecule has 0 unspecified atom stereocenters. The number of aliphatic hydroxyl groups excluding tert-OH is 2. The van der Waals surface area contributed by atoms with Crippen LogP contribution in [0.2, 0.25) is 0 Å². The maximum absolute atomic E-state index is 9.32. The molecule has 0 aliphatic heterocycles. The van der Waals surface area contributed by atoms with Crippen molar-refractivity contribution in [1.82, 2.24) is 15.0 Å². The smallest absolute Gasteiger partial charge is 0.225 e. The molecule has 0 bridgehead atoms. The van der Waals surface area contributed by atoms with E-state index in [2.05, 4.69) is 25.6 Å². The van der Waals surface area contributed by atoms with Gasteiger partial charge in [0.15, 0.2) is 5.82 Å². The van der Waals surface area contributed by atoms with Gasteiger partial charge in [-0.1, -0.05) is 0 Å². The summed E-state index contributed by atoms with van der Waals surface area (Å²) in [7, 11) is 0. The first-order chi connectivity index (χ1) is 9.06. The number of hydrogen-bond donors (Lipinski definition) is 5. The molecule has 2 atom stereocenters. The zero-order valence-electron chi connectivity index (χ0n) is 11.0. The Hall–Kier alpha value is -1.86. The van der Waals surface area contributed by atoms with E-state index < -0.39 is 12.2 Å². The van der Waals surface area contributed by atoms with E-state index in [0.29, 0.717) is 24.9 Å². The Morgan fingerprint density at radius 3 is 2.53 bits per heavy atom. The van der Waals surface area contributed by atoms with Gasteiger partial charge in [-0.2, -0.15) is 4.98 Å². The second-order valence-electron chi connectivity index (χ2n) is 4.59. The van der Waals surface area contributed by atoms with Gasteiger partial charge in [-0.15, -0.1) is 0 Å². The largest absolute Gasteiger partial charge is 0.392 e. The first-order valence-electron chi connectivity index (χ1n) is 6.25. The van der Waals surface area contributed by atoms with Crippen LogP contribution in [0.4, 0.5) is 11.8 Å². The summed E-state index contributed by atoms with van der Waals surface area (Å²) in [6.07, 6.45) is 0.846. The maximum Gasteiger partial charge on any atom is 0.225 e. The molecule has 0 saturated carbocycles. The number of aromatic nitrogens is 3. The van der Waals surface area contributed by atoms with Gasteiger partial charge in [0.25, 0.3) is 0 Å². The van der Waals surface area contributed by atoms with E-state index in [4.69, 9.17) is 0 Å². The predicted octanol–water partition coefficient (Wildman–Crippen LogP) is 0.543. The standard InChI is InChI=1S/C12H19N5O2/c1-7(18)5-14-11-10-9(3-4-13-10)16-12(17-11)15-6-8(2)19/h3-4,7-8,13,18-19H,5-6H2,1-2H3,(H2,14,15,16,17)/t7-,8-/m1/s1. The Balaban J connectivity index is 2.23. The number of anilines is 2. The SMILES string of the molecule is C[C@@H](O)CNc1nc(NC[C@@H](C)O)c2[nH]ccc2n1. The summed E-state index contributed by atoms with van der Waals surface area (Å²) >= 11 is 0. The van der Waals surface area contributed by atoms with Gasteiger partial charge in [0.05, 0.1) is 17.7 Å². The first kappa shape index (κ1) is 13.6. The van der Waals surface area contributed by atoms with Crippen LogP contribution in [0.15, 0.2) is 12.3 Å². The third kappa shape index (κ3) is 3.55. The third-order valence-electron chi connectivity index (χ3n) is 2.53. The summed E-state index contributed by atoms with van der Waals surface area (Å²) in [5.74, 6) is 1.07. The van der Waals surface area contributed by atoms with E-state index in [9.17, 15) is 10.2 Å². The monoisotopic (exact) mass is 265 g/mol. The van der Waals surface area contributed by atoms with E-state index in [1.165, 1.54) is 0 Å². The van der Waals surface area contributed by atoms with E-state index >= 15 is 0 Å². The first-order valence-corrected chi connectivity index (χ1v) is 6.25. The average Bonchev–Trinajstić information content (AvgIpc) is 2.81. The van der Waals surface area contributed by atoms with Gasteiger partial charge in [-0.3, -0.25) is 0 Å². The van der Waals surface area contributed by atoms with E-state index in [0.717, 1.165) is 11.0 Å². The van der Waals surface area contributed by atoms with Crippen molar-refractivity contribution in [3.8, 4) is 0 Å². The van der Waals surface area contributed by atoms with Crippen LogP contribution in [0.25, 0.3) is 11.0 Å². The van der Waals surface area contributed by atoms with Crippen LogP contribution in [0.5, 0.6) is 0 Å². The topological polar surface area (TPSA) is 106 Å². The number of nitrogens with one attached hydrogen (secondary N) is 3. The molecule has 7 heteroatoms. The molecule has 0 aromatic carbocycles. The molecule has 0 spiro atoms. The van der Waals surface area contributed by atoms with Gasteiger partial charge in [-0.25, -0.2) is 4.98 Å². The lowest BCUT2D eigenvalue weighted by molar-refractivity contribution is 0.208. The van der Waals surface area contributed by atoms with Gasteiger partial charge >= 0.3 is 0 Å². The van der Waals surface area contributed by atoms with Crippen LogP contribution >= 0.6 is 0 Å². The van der Waals surface area contributed by atoms with Crippen molar-refractivity contribution in [2.45, 2.75) is 26.1 Å². The molecule has 19 heavy (non-hydrogen) atoms. The highest BCUT2D eigenvalue weighted by Crippen LogP contribution is 2.20. The van der Waals surface area contributed by atoms with Crippen LogP contribution in [0, 0.1) is 0 Å². The van der Waals surface area contributed by atoms with Gasteiger partial charge in [0, 0.05) is 19.3 Å². The summed E-state index contributed by atoms with van der Waals surface area (Å²) in [6, 6.07) is 1.85. The highest BCUT2D eigenvalue weighted by molar-refractivity contribution is 5.86. The van der Waals surface area contributed by atoms with Gasteiger partial charge in [-0.05, 0) is 19.9 Å². The molecular weight excluding hydrogens is 246 g/mol. The summed E-state index contributed by atoms with van der Waals surface area (Å²) in [5.41, 5.74) is 1.57. The molecule has 0 fully saturated rings. The minimum absolute atomic E-state index is 0.381. The summed E-state index contributed by atoms with van der Waals surface area (Å²) in [6.45, 7) is 4.17. The van der Waals surface area contributed by atoms with Crippen molar-refractivity contribution in [2.24, 2.45) is 0 Å². The molecule has 0 radical (unpaired) electrons. The van der Waals surface area contributed by atoms with Crippen molar-refractivity contribution in [1.29, 1.82) is 0 Å². The highest BCUT2D eigenvalue weighted by atomic mass is 16.3. The zero-order chi connectivity index (χ0) is 13.8. The van der Waals surface area contributed by atoms with Gasteiger partial charge in [0.2, 0.25) is 5.95 Å². The summed E-state index contributed by atoms with van der Waals surface area (Å²) in [4.78, 5) is 11.7. The minimum atomic E-state index is -0.473. The Morgan fingerprint density at radius 2 is 1.84 bits per heavy atom. The fraction of sp³-hybridized carbons (Fsp3) is 0.500. The molecule has 104 valence electrons. The minimum Gasteiger partial charge on any atom is -0.392 e. The summed E-state index contributed by atoms with van der Waals surface area (Å²) < 4.78 is 0. The molecule has 0 aliphatic rings. The Bertz CT molecular complexity index is 538. The second kappa shape index (κ2) is 5.85. The second-order valence-corrected chi connectivity index (χ2v) is 4.59. The number of rotatable bonds is 6. The molecule has 2 aromatic heterocycles. The van der Waals surface area contributed by atoms with Crippen LogP contribution in [0.3, 0.4) is 0 Å². The van der Waals surface area contributed by atoms with Crippen LogP contribution in [-0.2, 0) is 0 Å². The Morgan fingerprint density at radius 1 is 1.16 bits per heavy atom. The lowest BCUT2D eigenvalue weighted by Gasteiger charge is -2.11. The number of aromatic amines is 1. The normalized spacial score (nSPS) is 14.3. The van der Waals surface area contributed by atoms with Crippen LogP contribution in [0.1, 0.15) is 13.8 Å². The maximum atomic E-state index is 9.32. The molecule has 0 saturated heterocycles. The molecule has 0 aliphatic carbocycles. The van der Waals surface area contributed by atoms with Crippen molar-refractivity contribution in [3.05, 3.63) is 12.3 Å². The lowest BCUT2D eigenvalue weighted by atomic mass is 10.3. The molecule has 0 amide bonds. The Labute approximate surface area is 111 Å². The number of hydrogen-bond acceptors (Lipinski definition) is 6. The number of nitrogens with zero attached hydrogens (tertiary/aromatic N) is 2. The number of aliphatic hydroxyl groups is 2. The van der Waals surface area contributed by atoms with Crippen molar-refractivity contribution >= 4 is 22.8 Å². The quantitative estimate of drug-likeness (QED) is 0.522. The summed E-state index contributed by atoms with van der Waals surface area (Å²) in [5, 5.41) is 24.6. The van der Waals surface area contributed by atoms with Crippen molar-refractivity contribution in [2.75, 3.05) is 23.7 Å². The van der Waals surface area contributed by atoms with E-state index in [-0.39, 0.29) is 0 Å². The Kier molecular flexibility index (Phi) is 4.18. The van der Waals surface area contributed by atoms with Crippen LogP contribution < -0.4 is 10.6 Å². The average molecular weight is 265 g/mol. The van der Waals surface area contributed by atoms with Gasteiger partial charge in [0.1, 0.15) is 5.52 Å².